The van der Waals surface area contributed by atoms with Gasteiger partial charge in [-0.1, -0.05) is 31.5 Å². The molecule has 0 spiro atoms. The Morgan fingerprint density at radius 3 is 2.78 bits per heavy atom. The summed E-state index contributed by atoms with van der Waals surface area (Å²) in [5.74, 6) is 0.680. The monoisotopic (exact) mass is 328 g/mol. The van der Waals surface area contributed by atoms with Crippen molar-refractivity contribution in [1.29, 1.82) is 0 Å². The molecule has 23 heavy (non-hydrogen) atoms. The highest BCUT2D eigenvalue weighted by molar-refractivity contribution is 6.32. The fourth-order valence-corrected chi connectivity index (χ4v) is 2.63. The average Bonchev–Trinajstić information content (AvgIpc) is 2.53. The molecule has 3 aromatic rings. The van der Waals surface area contributed by atoms with Gasteiger partial charge in [-0.2, -0.15) is 0 Å². The molecule has 3 rings (SSSR count). The van der Waals surface area contributed by atoms with Crippen molar-refractivity contribution >= 4 is 22.5 Å². The van der Waals surface area contributed by atoms with Gasteiger partial charge in [-0.25, -0.2) is 0 Å². The predicted molar refractivity (Wildman–Crippen MR) is 92.2 cm³/mol. The number of fused-ring (bicyclic) bond motifs is 1. The summed E-state index contributed by atoms with van der Waals surface area (Å²) in [6.45, 7) is 4.30. The number of pyridine rings is 2. The fraction of sp³-hybridized carbons (Fsp3) is 0.222. The summed E-state index contributed by atoms with van der Waals surface area (Å²) in [6, 6.07) is 11.1. The molecule has 2 aromatic heterocycles. The summed E-state index contributed by atoms with van der Waals surface area (Å²) in [5, 5.41) is 1.40. The maximum absolute atomic E-state index is 12.1. The van der Waals surface area contributed by atoms with Gasteiger partial charge >= 0.3 is 0 Å². The number of hydrogen-bond acceptors (Lipinski definition) is 3. The van der Waals surface area contributed by atoms with E-state index in [0.717, 1.165) is 16.6 Å². The molecule has 0 saturated heterocycles. The zero-order valence-electron chi connectivity index (χ0n) is 13.0. The molecular weight excluding hydrogens is 312 g/mol. The van der Waals surface area contributed by atoms with Crippen LogP contribution >= 0.6 is 11.6 Å². The highest BCUT2D eigenvalue weighted by Gasteiger charge is 2.10. The highest BCUT2D eigenvalue weighted by atomic mass is 35.5. The summed E-state index contributed by atoms with van der Waals surface area (Å²) in [7, 11) is 0. The maximum Gasteiger partial charge on any atom is 0.251 e. The van der Waals surface area contributed by atoms with Gasteiger partial charge in [-0.05, 0) is 30.2 Å². The standard InChI is InChI=1S/C18H17ClN2O2/c1-11(2)14-7-12-8-15(19)17(9-16(12)21-18(14)22)23-10-13-5-3-4-6-20-13/h3-9,11H,10H2,1-2H3,(H,21,22). The number of ether oxygens (including phenoxy) is 1. The quantitative estimate of drug-likeness (QED) is 0.777. The van der Waals surface area contributed by atoms with Crippen molar-refractivity contribution in [2.45, 2.75) is 26.4 Å². The summed E-state index contributed by atoms with van der Waals surface area (Å²) in [5.41, 5.74) is 2.19. The molecule has 0 atom stereocenters. The number of hydrogen-bond donors (Lipinski definition) is 1. The second-order valence-electron chi connectivity index (χ2n) is 5.69. The van der Waals surface area contributed by atoms with Gasteiger partial charge in [0.2, 0.25) is 0 Å². The van der Waals surface area contributed by atoms with E-state index in [4.69, 9.17) is 16.3 Å². The third-order valence-corrected chi connectivity index (χ3v) is 3.94. The number of nitrogens with zero attached hydrogens (tertiary/aromatic N) is 1. The van der Waals surface area contributed by atoms with Crippen molar-refractivity contribution in [3.63, 3.8) is 0 Å². The molecule has 0 aliphatic carbocycles. The van der Waals surface area contributed by atoms with Gasteiger partial charge in [0.15, 0.2) is 0 Å². The first kappa shape index (κ1) is 15.6. The van der Waals surface area contributed by atoms with Gasteiger partial charge in [0.25, 0.3) is 5.56 Å². The summed E-state index contributed by atoms with van der Waals surface area (Å²) >= 11 is 6.30. The molecule has 0 amide bonds. The Bertz CT molecular complexity index is 889. The summed E-state index contributed by atoms with van der Waals surface area (Å²) in [4.78, 5) is 19.2. The molecule has 0 radical (unpaired) electrons. The second-order valence-corrected chi connectivity index (χ2v) is 6.10. The molecule has 0 fully saturated rings. The van der Waals surface area contributed by atoms with E-state index in [2.05, 4.69) is 9.97 Å². The first-order valence-electron chi connectivity index (χ1n) is 7.44. The van der Waals surface area contributed by atoms with Crippen LogP contribution < -0.4 is 10.3 Å². The van der Waals surface area contributed by atoms with Gasteiger partial charge in [0, 0.05) is 23.2 Å². The molecule has 118 valence electrons. The van der Waals surface area contributed by atoms with Crippen LogP contribution in [-0.2, 0) is 6.61 Å². The molecule has 5 heteroatoms. The van der Waals surface area contributed by atoms with Crippen LogP contribution in [-0.4, -0.2) is 9.97 Å². The first-order chi connectivity index (χ1) is 11.0. The van der Waals surface area contributed by atoms with Crippen LogP contribution in [0.1, 0.15) is 31.0 Å². The SMILES string of the molecule is CC(C)c1cc2cc(Cl)c(OCc3ccccn3)cc2[nH]c1=O. The van der Waals surface area contributed by atoms with Crippen LogP contribution in [0.5, 0.6) is 5.75 Å². The van der Waals surface area contributed by atoms with Crippen molar-refractivity contribution in [1.82, 2.24) is 9.97 Å². The van der Waals surface area contributed by atoms with Gasteiger partial charge in [-0.15, -0.1) is 0 Å². The minimum atomic E-state index is -0.0782. The zero-order chi connectivity index (χ0) is 16.4. The second kappa shape index (κ2) is 6.42. The number of rotatable bonds is 4. The Balaban J connectivity index is 1.94. The number of nitrogens with one attached hydrogen (secondary N) is 1. The van der Waals surface area contributed by atoms with Crippen LogP contribution in [0.3, 0.4) is 0 Å². The fourth-order valence-electron chi connectivity index (χ4n) is 2.40. The molecule has 1 N–H and O–H groups in total. The Hall–Kier alpha value is -2.33. The topological polar surface area (TPSA) is 55.0 Å². The van der Waals surface area contributed by atoms with Crippen molar-refractivity contribution < 1.29 is 4.74 Å². The molecule has 2 heterocycles. The van der Waals surface area contributed by atoms with Crippen LogP contribution in [0.2, 0.25) is 5.02 Å². The van der Waals surface area contributed by atoms with Crippen LogP contribution in [0.15, 0.2) is 47.4 Å². The van der Waals surface area contributed by atoms with Gasteiger partial charge < -0.3 is 9.72 Å². The van der Waals surface area contributed by atoms with Crippen LogP contribution in [0.4, 0.5) is 0 Å². The molecule has 0 unspecified atom stereocenters. The van der Waals surface area contributed by atoms with Gasteiger partial charge in [0.1, 0.15) is 12.4 Å². The maximum atomic E-state index is 12.1. The van der Waals surface area contributed by atoms with E-state index in [1.165, 1.54) is 0 Å². The lowest BCUT2D eigenvalue weighted by molar-refractivity contribution is 0.302. The lowest BCUT2D eigenvalue weighted by atomic mass is 10.0. The normalized spacial score (nSPS) is 11.1. The van der Waals surface area contributed by atoms with Crippen LogP contribution in [0, 0.1) is 0 Å². The minimum Gasteiger partial charge on any atom is -0.486 e. The van der Waals surface area contributed by atoms with Gasteiger partial charge in [-0.3, -0.25) is 9.78 Å². The molecule has 0 bridgehead atoms. The number of aromatic nitrogens is 2. The molecule has 4 nitrogen and oxygen atoms in total. The summed E-state index contributed by atoms with van der Waals surface area (Å²) < 4.78 is 5.73. The van der Waals surface area contributed by atoms with E-state index in [1.807, 2.05) is 44.2 Å². The Morgan fingerprint density at radius 2 is 2.09 bits per heavy atom. The number of H-pyrrole nitrogens is 1. The predicted octanol–water partition coefficient (Wildman–Crippen LogP) is 4.28. The lowest BCUT2D eigenvalue weighted by Crippen LogP contribution is -2.13. The molecule has 1 aromatic carbocycles. The van der Waals surface area contributed by atoms with Crippen molar-refractivity contribution in [3.8, 4) is 5.75 Å². The number of aromatic amines is 1. The van der Waals surface area contributed by atoms with E-state index in [0.29, 0.717) is 22.9 Å². The Labute approximate surface area is 139 Å². The molecular formula is C18H17ClN2O2. The third-order valence-electron chi connectivity index (χ3n) is 3.65. The molecule has 0 aliphatic rings. The summed E-state index contributed by atoms with van der Waals surface area (Å²) in [6.07, 6.45) is 1.71. The largest absolute Gasteiger partial charge is 0.486 e. The van der Waals surface area contributed by atoms with Gasteiger partial charge in [0.05, 0.1) is 16.2 Å². The number of benzene rings is 1. The zero-order valence-corrected chi connectivity index (χ0v) is 13.7. The van der Waals surface area contributed by atoms with Crippen molar-refractivity contribution in [2.75, 3.05) is 0 Å². The Morgan fingerprint density at radius 1 is 1.26 bits per heavy atom. The molecule has 0 saturated carbocycles. The van der Waals surface area contributed by atoms with E-state index < -0.39 is 0 Å². The highest BCUT2D eigenvalue weighted by Crippen LogP contribution is 2.30. The van der Waals surface area contributed by atoms with Crippen molar-refractivity contribution in [3.05, 3.63) is 69.2 Å². The van der Waals surface area contributed by atoms with E-state index in [1.54, 1.807) is 12.3 Å². The van der Waals surface area contributed by atoms with Crippen molar-refractivity contribution in [2.24, 2.45) is 0 Å². The van der Waals surface area contributed by atoms with E-state index in [9.17, 15) is 4.79 Å². The first-order valence-corrected chi connectivity index (χ1v) is 7.81. The minimum absolute atomic E-state index is 0.0782. The molecule has 0 aliphatic heterocycles. The van der Waals surface area contributed by atoms with E-state index >= 15 is 0 Å². The smallest absolute Gasteiger partial charge is 0.251 e. The van der Waals surface area contributed by atoms with E-state index in [-0.39, 0.29) is 11.5 Å². The Kier molecular flexibility index (Phi) is 4.35. The number of halogens is 1. The lowest BCUT2D eigenvalue weighted by Gasteiger charge is -2.11. The average molecular weight is 329 g/mol. The van der Waals surface area contributed by atoms with Crippen LogP contribution in [0.25, 0.3) is 10.9 Å². The third kappa shape index (κ3) is 3.37.